The lowest BCUT2D eigenvalue weighted by molar-refractivity contribution is -0.123. The monoisotopic (exact) mass is 243 g/mol. The summed E-state index contributed by atoms with van der Waals surface area (Å²) < 4.78 is 0. The van der Waals surface area contributed by atoms with Crippen LogP contribution < -0.4 is 5.32 Å². The highest BCUT2D eigenvalue weighted by atomic mass is 16.3. The number of amides is 1. The van der Waals surface area contributed by atoms with Crippen LogP contribution in [0, 0.1) is 11.3 Å². The van der Waals surface area contributed by atoms with Crippen molar-refractivity contribution in [2.24, 2.45) is 11.3 Å². The summed E-state index contributed by atoms with van der Waals surface area (Å²) in [4.78, 5) is 11.6. The molecule has 0 bridgehead atoms. The largest absolute Gasteiger partial charge is 0.388 e. The van der Waals surface area contributed by atoms with Gasteiger partial charge in [0.05, 0.1) is 5.60 Å². The SMILES string of the molecule is CCC(C)C(C)(O)CNC(=O)CCC(C)(C)C. The molecule has 1 amide bonds. The van der Waals surface area contributed by atoms with E-state index in [2.05, 4.69) is 26.1 Å². The molecule has 0 aromatic carbocycles. The molecule has 0 aliphatic rings. The topological polar surface area (TPSA) is 49.3 Å². The first-order valence-corrected chi connectivity index (χ1v) is 6.57. The molecule has 0 rings (SSSR count). The predicted molar refractivity (Wildman–Crippen MR) is 71.8 cm³/mol. The molecule has 2 unspecified atom stereocenters. The van der Waals surface area contributed by atoms with Gasteiger partial charge in [0.25, 0.3) is 0 Å². The fraction of sp³-hybridized carbons (Fsp3) is 0.929. The summed E-state index contributed by atoms with van der Waals surface area (Å²) in [7, 11) is 0. The zero-order valence-electron chi connectivity index (χ0n) is 12.3. The molecule has 0 fully saturated rings. The Morgan fingerprint density at radius 2 is 1.82 bits per heavy atom. The van der Waals surface area contributed by atoms with Crippen molar-refractivity contribution in [3.05, 3.63) is 0 Å². The van der Waals surface area contributed by atoms with Crippen LogP contribution in [-0.4, -0.2) is 23.2 Å². The van der Waals surface area contributed by atoms with Crippen LogP contribution in [0.15, 0.2) is 0 Å². The lowest BCUT2D eigenvalue weighted by Crippen LogP contribution is -2.45. The highest BCUT2D eigenvalue weighted by Gasteiger charge is 2.27. The van der Waals surface area contributed by atoms with E-state index in [1.807, 2.05) is 13.8 Å². The quantitative estimate of drug-likeness (QED) is 0.753. The Morgan fingerprint density at radius 3 is 2.24 bits per heavy atom. The standard InChI is InChI=1S/C14H29NO2/c1-7-11(2)14(6,17)10-15-12(16)8-9-13(3,4)5/h11,17H,7-10H2,1-6H3,(H,15,16). The van der Waals surface area contributed by atoms with E-state index in [1.165, 1.54) is 0 Å². The van der Waals surface area contributed by atoms with Gasteiger partial charge >= 0.3 is 0 Å². The molecule has 0 aromatic heterocycles. The number of hydrogen-bond acceptors (Lipinski definition) is 2. The first-order chi connectivity index (χ1) is 7.58. The smallest absolute Gasteiger partial charge is 0.220 e. The number of carbonyl (C=O) groups excluding carboxylic acids is 1. The normalized spacial score (nSPS) is 17.4. The van der Waals surface area contributed by atoms with Crippen molar-refractivity contribution in [1.82, 2.24) is 5.32 Å². The first kappa shape index (κ1) is 16.4. The summed E-state index contributed by atoms with van der Waals surface area (Å²) in [6, 6.07) is 0. The Bertz CT molecular complexity index is 241. The van der Waals surface area contributed by atoms with Crippen LogP contribution in [0.5, 0.6) is 0 Å². The molecule has 2 N–H and O–H groups in total. The maximum atomic E-state index is 11.6. The van der Waals surface area contributed by atoms with Crippen LogP contribution in [0.2, 0.25) is 0 Å². The summed E-state index contributed by atoms with van der Waals surface area (Å²) >= 11 is 0. The van der Waals surface area contributed by atoms with E-state index in [0.29, 0.717) is 13.0 Å². The second-order valence-corrected chi connectivity index (χ2v) is 6.50. The highest BCUT2D eigenvalue weighted by molar-refractivity contribution is 5.75. The second kappa shape index (κ2) is 6.39. The summed E-state index contributed by atoms with van der Waals surface area (Å²) in [5.74, 6) is 0.217. The number of carbonyl (C=O) groups is 1. The summed E-state index contributed by atoms with van der Waals surface area (Å²) in [5.41, 5.74) is -0.636. The lowest BCUT2D eigenvalue weighted by atomic mass is 9.88. The minimum atomic E-state index is -0.813. The average Bonchev–Trinajstić information content (AvgIpc) is 2.21. The van der Waals surface area contributed by atoms with Crippen molar-refractivity contribution >= 4 is 5.91 Å². The van der Waals surface area contributed by atoms with E-state index in [1.54, 1.807) is 6.92 Å². The Morgan fingerprint density at radius 1 is 1.29 bits per heavy atom. The van der Waals surface area contributed by atoms with Crippen molar-refractivity contribution in [3.63, 3.8) is 0 Å². The molecule has 17 heavy (non-hydrogen) atoms. The minimum Gasteiger partial charge on any atom is -0.388 e. The van der Waals surface area contributed by atoms with Crippen molar-refractivity contribution < 1.29 is 9.90 Å². The van der Waals surface area contributed by atoms with Crippen LogP contribution in [0.3, 0.4) is 0 Å². The molecular weight excluding hydrogens is 214 g/mol. The molecule has 0 saturated heterocycles. The third-order valence-corrected chi connectivity index (χ3v) is 3.42. The third kappa shape index (κ3) is 7.37. The van der Waals surface area contributed by atoms with Crippen molar-refractivity contribution in [2.45, 2.75) is 66.4 Å². The van der Waals surface area contributed by atoms with Gasteiger partial charge in [0.1, 0.15) is 0 Å². The van der Waals surface area contributed by atoms with Crippen molar-refractivity contribution in [1.29, 1.82) is 0 Å². The van der Waals surface area contributed by atoms with Gasteiger partial charge in [-0.2, -0.15) is 0 Å². The molecule has 0 aliphatic heterocycles. The van der Waals surface area contributed by atoms with Crippen LogP contribution in [0.25, 0.3) is 0 Å². The van der Waals surface area contributed by atoms with Crippen molar-refractivity contribution in [2.75, 3.05) is 6.54 Å². The third-order valence-electron chi connectivity index (χ3n) is 3.42. The molecule has 3 heteroatoms. The fourth-order valence-electron chi connectivity index (χ4n) is 1.47. The zero-order chi connectivity index (χ0) is 13.7. The van der Waals surface area contributed by atoms with Gasteiger partial charge in [0.2, 0.25) is 5.91 Å². The molecule has 0 aromatic rings. The molecular formula is C14H29NO2. The van der Waals surface area contributed by atoms with Gasteiger partial charge in [-0.1, -0.05) is 41.0 Å². The molecule has 0 saturated carbocycles. The van der Waals surface area contributed by atoms with Gasteiger partial charge in [-0.05, 0) is 24.7 Å². The van der Waals surface area contributed by atoms with E-state index >= 15 is 0 Å². The van der Waals surface area contributed by atoms with Gasteiger partial charge in [-0.15, -0.1) is 0 Å². The number of rotatable bonds is 6. The van der Waals surface area contributed by atoms with E-state index in [4.69, 9.17) is 0 Å². The average molecular weight is 243 g/mol. The molecule has 3 nitrogen and oxygen atoms in total. The first-order valence-electron chi connectivity index (χ1n) is 6.57. The summed E-state index contributed by atoms with van der Waals surface area (Å²) in [6.07, 6.45) is 2.30. The second-order valence-electron chi connectivity index (χ2n) is 6.50. The van der Waals surface area contributed by atoms with E-state index in [9.17, 15) is 9.90 Å². The van der Waals surface area contributed by atoms with Gasteiger partial charge in [-0.25, -0.2) is 0 Å². The zero-order valence-corrected chi connectivity index (χ0v) is 12.3. The highest BCUT2D eigenvalue weighted by Crippen LogP contribution is 2.21. The number of nitrogens with one attached hydrogen (secondary N) is 1. The predicted octanol–water partition coefficient (Wildman–Crippen LogP) is 2.73. The van der Waals surface area contributed by atoms with Crippen molar-refractivity contribution in [3.8, 4) is 0 Å². The van der Waals surface area contributed by atoms with E-state index in [0.717, 1.165) is 12.8 Å². The Hall–Kier alpha value is -0.570. The maximum absolute atomic E-state index is 11.6. The molecule has 0 radical (unpaired) electrons. The Balaban J connectivity index is 4.00. The van der Waals surface area contributed by atoms with Gasteiger partial charge in [0, 0.05) is 13.0 Å². The Kier molecular flexibility index (Phi) is 6.17. The van der Waals surface area contributed by atoms with Crippen LogP contribution in [0.4, 0.5) is 0 Å². The van der Waals surface area contributed by atoms with Crippen LogP contribution in [0.1, 0.15) is 60.8 Å². The summed E-state index contributed by atoms with van der Waals surface area (Å²) in [6.45, 7) is 12.5. The maximum Gasteiger partial charge on any atom is 0.220 e. The van der Waals surface area contributed by atoms with Gasteiger partial charge in [0.15, 0.2) is 0 Å². The van der Waals surface area contributed by atoms with Crippen LogP contribution in [-0.2, 0) is 4.79 Å². The summed E-state index contributed by atoms with van der Waals surface area (Å²) in [5, 5.41) is 13.0. The van der Waals surface area contributed by atoms with Crippen LogP contribution >= 0.6 is 0 Å². The van der Waals surface area contributed by atoms with E-state index in [-0.39, 0.29) is 17.2 Å². The molecule has 0 spiro atoms. The minimum absolute atomic E-state index is 0.0310. The molecule has 0 heterocycles. The lowest BCUT2D eigenvalue weighted by Gasteiger charge is -2.30. The molecule has 2 atom stereocenters. The molecule has 102 valence electrons. The number of hydrogen-bond donors (Lipinski definition) is 2. The fourth-order valence-corrected chi connectivity index (χ4v) is 1.47. The Labute approximate surface area is 106 Å². The molecule has 0 aliphatic carbocycles. The number of aliphatic hydroxyl groups is 1. The van der Waals surface area contributed by atoms with Gasteiger partial charge in [-0.3, -0.25) is 4.79 Å². The van der Waals surface area contributed by atoms with Gasteiger partial charge < -0.3 is 10.4 Å². The van der Waals surface area contributed by atoms with E-state index < -0.39 is 5.60 Å².